The second-order valence-corrected chi connectivity index (χ2v) is 4.93. The van der Waals surface area contributed by atoms with E-state index in [1.165, 1.54) is 5.56 Å². The van der Waals surface area contributed by atoms with Crippen molar-refractivity contribution in [2.75, 3.05) is 18.6 Å². The first kappa shape index (κ1) is 13.0. The van der Waals surface area contributed by atoms with Gasteiger partial charge in [0.2, 0.25) is 5.95 Å². The first-order chi connectivity index (χ1) is 9.88. The van der Waals surface area contributed by atoms with Gasteiger partial charge in [0.15, 0.2) is 0 Å². The van der Waals surface area contributed by atoms with Gasteiger partial charge < -0.3 is 9.64 Å². The summed E-state index contributed by atoms with van der Waals surface area (Å²) in [5.41, 5.74) is 1.26. The van der Waals surface area contributed by atoms with Gasteiger partial charge in [0, 0.05) is 38.4 Å². The van der Waals surface area contributed by atoms with Gasteiger partial charge in [0.25, 0.3) is 0 Å². The van der Waals surface area contributed by atoms with E-state index in [9.17, 15) is 0 Å². The van der Waals surface area contributed by atoms with Crippen LogP contribution < -0.4 is 4.90 Å². The molecule has 0 aliphatic carbocycles. The van der Waals surface area contributed by atoms with Crippen LogP contribution in [0.3, 0.4) is 0 Å². The van der Waals surface area contributed by atoms with Crippen molar-refractivity contribution < 1.29 is 4.74 Å². The zero-order valence-corrected chi connectivity index (χ0v) is 11.5. The molecule has 0 aromatic carbocycles. The van der Waals surface area contributed by atoms with Crippen LogP contribution in [0.4, 0.5) is 5.95 Å². The highest BCUT2D eigenvalue weighted by molar-refractivity contribution is 5.35. The Bertz CT molecular complexity index is 534. The minimum absolute atomic E-state index is 0.215. The van der Waals surface area contributed by atoms with Crippen LogP contribution in [0.5, 0.6) is 0 Å². The van der Waals surface area contributed by atoms with Crippen molar-refractivity contribution in [3.8, 4) is 0 Å². The minimum atomic E-state index is 0.215. The van der Waals surface area contributed by atoms with E-state index in [2.05, 4.69) is 32.0 Å². The Labute approximate surface area is 118 Å². The molecule has 3 heterocycles. The Morgan fingerprint density at radius 2 is 1.95 bits per heavy atom. The van der Waals surface area contributed by atoms with Crippen molar-refractivity contribution in [3.63, 3.8) is 0 Å². The fourth-order valence-electron chi connectivity index (χ4n) is 2.79. The molecule has 1 aliphatic heterocycles. The smallest absolute Gasteiger partial charge is 0.225 e. The molecular weight excluding hydrogens is 252 g/mol. The predicted molar refractivity (Wildman–Crippen MR) is 76.5 cm³/mol. The standard InChI is InChI=1S/C15H18N4O/c1-20-14-5-10-19(15-17-6-2-7-18-15)13(14)11-12-3-8-16-9-4-12/h2-4,6-9,13-14H,5,10-11H2,1H3/t13-,14-/m1/s1. The Kier molecular flexibility index (Phi) is 3.87. The van der Waals surface area contributed by atoms with Crippen molar-refractivity contribution in [2.45, 2.75) is 25.0 Å². The summed E-state index contributed by atoms with van der Waals surface area (Å²) in [5.74, 6) is 0.783. The summed E-state index contributed by atoms with van der Waals surface area (Å²) in [6.07, 6.45) is 9.36. The van der Waals surface area contributed by atoms with Crippen molar-refractivity contribution in [3.05, 3.63) is 48.5 Å². The lowest BCUT2D eigenvalue weighted by atomic mass is 10.0. The molecule has 1 fully saturated rings. The number of nitrogens with zero attached hydrogens (tertiary/aromatic N) is 4. The van der Waals surface area contributed by atoms with E-state index >= 15 is 0 Å². The summed E-state index contributed by atoms with van der Waals surface area (Å²) in [4.78, 5) is 15.0. The van der Waals surface area contributed by atoms with E-state index in [4.69, 9.17) is 4.74 Å². The summed E-state index contributed by atoms with van der Waals surface area (Å²) in [6.45, 7) is 0.929. The van der Waals surface area contributed by atoms with Gasteiger partial charge in [-0.1, -0.05) is 0 Å². The van der Waals surface area contributed by atoms with E-state index in [-0.39, 0.29) is 12.1 Å². The van der Waals surface area contributed by atoms with Crippen molar-refractivity contribution in [1.82, 2.24) is 15.0 Å². The van der Waals surface area contributed by atoms with Crippen LogP contribution >= 0.6 is 0 Å². The molecular formula is C15H18N4O. The number of methoxy groups -OCH3 is 1. The maximum atomic E-state index is 5.63. The number of rotatable bonds is 4. The number of aromatic nitrogens is 3. The fourth-order valence-corrected chi connectivity index (χ4v) is 2.79. The maximum absolute atomic E-state index is 5.63. The van der Waals surface area contributed by atoms with E-state index < -0.39 is 0 Å². The lowest BCUT2D eigenvalue weighted by Crippen LogP contribution is -2.38. The summed E-state index contributed by atoms with van der Waals surface area (Å²) in [7, 11) is 1.78. The first-order valence-corrected chi connectivity index (χ1v) is 6.84. The zero-order valence-electron chi connectivity index (χ0n) is 11.5. The van der Waals surface area contributed by atoms with Crippen LogP contribution in [0.15, 0.2) is 43.0 Å². The largest absolute Gasteiger partial charge is 0.379 e. The van der Waals surface area contributed by atoms with Gasteiger partial charge in [-0.2, -0.15) is 0 Å². The number of hydrogen-bond donors (Lipinski definition) is 0. The highest BCUT2D eigenvalue weighted by Crippen LogP contribution is 2.26. The molecule has 1 aliphatic rings. The number of hydrogen-bond acceptors (Lipinski definition) is 5. The van der Waals surface area contributed by atoms with E-state index in [1.54, 1.807) is 19.5 Å². The molecule has 0 radical (unpaired) electrons. The molecule has 0 N–H and O–H groups in total. The molecule has 0 spiro atoms. The van der Waals surface area contributed by atoms with E-state index in [0.29, 0.717) is 0 Å². The average molecular weight is 270 g/mol. The molecule has 0 amide bonds. The van der Waals surface area contributed by atoms with Gasteiger partial charge in [0.1, 0.15) is 0 Å². The zero-order chi connectivity index (χ0) is 13.8. The summed E-state index contributed by atoms with van der Waals surface area (Å²) >= 11 is 0. The quantitative estimate of drug-likeness (QED) is 0.846. The van der Waals surface area contributed by atoms with Gasteiger partial charge in [0.05, 0.1) is 12.1 Å². The molecule has 104 valence electrons. The van der Waals surface area contributed by atoms with E-state index in [1.807, 2.05) is 18.5 Å². The van der Waals surface area contributed by atoms with Crippen LogP contribution in [0.1, 0.15) is 12.0 Å². The molecule has 3 rings (SSSR count). The molecule has 1 saturated heterocycles. The molecule has 20 heavy (non-hydrogen) atoms. The number of ether oxygens (including phenoxy) is 1. The highest BCUT2D eigenvalue weighted by atomic mass is 16.5. The first-order valence-electron chi connectivity index (χ1n) is 6.84. The van der Waals surface area contributed by atoms with Crippen molar-refractivity contribution >= 4 is 5.95 Å². The van der Waals surface area contributed by atoms with E-state index in [0.717, 1.165) is 25.3 Å². The molecule has 5 nitrogen and oxygen atoms in total. The van der Waals surface area contributed by atoms with Gasteiger partial charge >= 0.3 is 0 Å². The molecule has 2 aromatic rings. The fraction of sp³-hybridized carbons (Fsp3) is 0.400. The maximum Gasteiger partial charge on any atom is 0.225 e. The average Bonchev–Trinajstić information content (AvgIpc) is 2.92. The lowest BCUT2D eigenvalue weighted by Gasteiger charge is -2.27. The second-order valence-electron chi connectivity index (χ2n) is 4.93. The molecule has 2 aromatic heterocycles. The predicted octanol–water partition coefficient (Wildman–Crippen LogP) is 1.71. The normalized spacial score (nSPS) is 22.1. The van der Waals surface area contributed by atoms with Gasteiger partial charge in [-0.05, 0) is 36.6 Å². The van der Waals surface area contributed by atoms with Crippen molar-refractivity contribution in [2.24, 2.45) is 0 Å². The SMILES string of the molecule is CO[C@@H]1CCN(c2ncccn2)[C@@H]1Cc1ccncc1. The Balaban J connectivity index is 1.83. The summed E-state index contributed by atoms with van der Waals surface area (Å²) < 4.78 is 5.63. The summed E-state index contributed by atoms with van der Waals surface area (Å²) in [6, 6.07) is 6.21. The monoisotopic (exact) mass is 270 g/mol. The molecule has 0 unspecified atom stereocenters. The second kappa shape index (κ2) is 5.96. The molecule has 0 bridgehead atoms. The Morgan fingerprint density at radius 3 is 2.65 bits per heavy atom. The minimum Gasteiger partial charge on any atom is -0.379 e. The van der Waals surface area contributed by atoms with Gasteiger partial charge in [-0.25, -0.2) is 9.97 Å². The highest BCUT2D eigenvalue weighted by Gasteiger charge is 2.35. The van der Waals surface area contributed by atoms with Crippen LogP contribution in [-0.2, 0) is 11.2 Å². The third kappa shape index (κ3) is 2.63. The van der Waals surface area contributed by atoms with Crippen LogP contribution in [0.25, 0.3) is 0 Å². The van der Waals surface area contributed by atoms with Gasteiger partial charge in [-0.3, -0.25) is 4.98 Å². The van der Waals surface area contributed by atoms with Crippen LogP contribution in [0.2, 0.25) is 0 Å². The van der Waals surface area contributed by atoms with Gasteiger partial charge in [-0.15, -0.1) is 0 Å². The third-order valence-corrected chi connectivity index (χ3v) is 3.79. The Hall–Kier alpha value is -2.01. The topological polar surface area (TPSA) is 51.1 Å². The third-order valence-electron chi connectivity index (χ3n) is 3.79. The molecule has 2 atom stereocenters. The van der Waals surface area contributed by atoms with Crippen LogP contribution in [-0.4, -0.2) is 40.8 Å². The molecule has 0 saturated carbocycles. The number of pyridine rings is 1. The molecule has 5 heteroatoms. The number of anilines is 1. The lowest BCUT2D eigenvalue weighted by molar-refractivity contribution is 0.0952. The summed E-state index contributed by atoms with van der Waals surface area (Å²) in [5, 5.41) is 0. The Morgan fingerprint density at radius 1 is 1.20 bits per heavy atom. The van der Waals surface area contributed by atoms with Crippen molar-refractivity contribution in [1.29, 1.82) is 0 Å². The van der Waals surface area contributed by atoms with Crippen LogP contribution in [0, 0.1) is 0 Å².